The van der Waals surface area contributed by atoms with Gasteiger partial charge in [0.2, 0.25) is 12.3 Å². The zero-order valence-electron chi connectivity index (χ0n) is 9.94. The Bertz CT molecular complexity index is 540. The normalized spacial score (nSPS) is 9.67. The fraction of sp³-hybridized carbons (Fsp3) is 0.143. The number of carbonyl (C=O) groups is 1. The molecule has 1 aromatic heterocycles. The van der Waals surface area contributed by atoms with Crippen LogP contribution < -0.4 is 21.5 Å². The van der Waals surface area contributed by atoms with Crippen LogP contribution in [0.4, 0.5) is 0 Å². The lowest BCUT2D eigenvalue weighted by molar-refractivity contribution is -0.683. The summed E-state index contributed by atoms with van der Waals surface area (Å²) in [6, 6.07) is 10.9. The van der Waals surface area contributed by atoms with Crippen LogP contribution >= 0.6 is 11.6 Å². The highest BCUT2D eigenvalue weighted by Crippen LogP contribution is 2.09. The number of hydrogen-bond donors (Lipinski definition) is 0. The first-order valence-corrected chi connectivity index (χ1v) is 5.77. The number of halogens is 2. The molecule has 2 aromatic rings. The predicted molar refractivity (Wildman–Crippen MR) is 67.2 cm³/mol. The highest BCUT2D eigenvalue weighted by atomic mass is 79.9. The third kappa shape index (κ3) is 3.93. The highest BCUT2D eigenvalue weighted by Gasteiger charge is 2.11. The highest BCUT2D eigenvalue weighted by molar-refractivity contribution is 6.30. The number of aryl methyl sites for hydroxylation is 1. The first-order chi connectivity index (χ1) is 8.15. The van der Waals surface area contributed by atoms with E-state index in [1.165, 1.54) is 0 Å². The van der Waals surface area contributed by atoms with Gasteiger partial charge in [-0.3, -0.25) is 4.79 Å². The first kappa shape index (κ1) is 14.9. The van der Waals surface area contributed by atoms with Crippen LogP contribution in [0, 0.1) is 6.92 Å². The molecule has 0 N–H and O–H groups in total. The molecule has 0 saturated heterocycles. The third-order valence-electron chi connectivity index (χ3n) is 2.50. The quantitative estimate of drug-likeness (QED) is 0.566. The summed E-state index contributed by atoms with van der Waals surface area (Å²) in [7, 11) is 0. The summed E-state index contributed by atoms with van der Waals surface area (Å²) in [5, 5.41) is 0.643. The molecule has 0 amide bonds. The number of aromatic nitrogens is 1. The van der Waals surface area contributed by atoms with Crippen LogP contribution in [0.15, 0.2) is 48.8 Å². The Balaban J connectivity index is 0.00000162. The number of benzene rings is 1. The van der Waals surface area contributed by atoms with Gasteiger partial charge in [-0.2, -0.15) is 4.57 Å². The smallest absolute Gasteiger partial charge is 0.227 e. The van der Waals surface area contributed by atoms with E-state index in [4.69, 9.17) is 11.6 Å². The Labute approximate surface area is 122 Å². The lowest BCUT2D eigenvalue weighted by Crippen LogP contribution is -3.00. The molecular weight excluding hydrogens is 314 g/mol. The third-order valence-corrected chi connectivity index (χ3v) is 2.75. The summed E-state index contributed by atoms with van der Waals surface area (Å²) < 4.78 is 1.88. The van der Waals surface area contributed by atoms with Crippen LogP contribution in [0.1, 0.15) is 15.9 Å². The second-order valence-electron chi connectivity index (χ2n) is 3.98. The van der Waals surface area contributed by atoms with Crippen LogP contribution in [-0.2, 0) is 6.54 Å². The van der Waals surface area contributed by atoms with E-state index >= 15 is 0 Å². The molecular formula is C14H13BrClNO. The Morgan fingerprint density at radius 3 is 2.50 bits per heavy atom. The Morgan fingerprint density at radius 2 is 1.89 bits per heavy atom. The van der Waals surface area contributed by atoms with Crippen molar-refractivity contribution in [3.63, 3.8) is 0 Å². The molecule has 0 spiro atoms. The standard InChI is InChI=1S/C14H13ClNO.BrH/c1-11-3-2-8-16(9-11)10-14(17)12-4-6-13(15)7-5-12;/h2-9H,10H2,1H3;1H/q+1;/p-1. The van der Waals surface area contributed by atoms with Gasteiger partial charge in [0.05, 0.1) is 0 Å². The number of hydrogen-bond acceptors (Lipinski definition) is 1. The molecule has 4 heteroatoms. The van der Waals surface area contributed by atoms with Crippen LogP contribution in [0.25, 0.3) is 0 Å². The molecule has 94 valence electrons. The molecule has 0 aliphatic carbocycles. The first-order valence-electron chi connectivity index (χ1n) is 5.39. The SMILES string of the molecule is Cc1ccc[n+](CC(=O)c2ccc(Cl)cc2)c1.[Br-]. The van der Waals surface area contributed by atoms with E-state index in [0.29, 0.717) is 17.1 Å². The van der Waals surface area contributed by atoms with Crippen molar-refractivity contribution < 1.29 is 26.3 Å². The van der Waals surface area contributed by atoms with E-state index in [1.54, 1.807) is 24.3 Å². The molecule has 1 heterocycles. The molecule has 0 aliphatic rings. The van der Waals surface area contributed by atoms with Gasteiger partial charge < -0.3 is 17.0 Å². The maximum Gasteiger partial charge on any atom is 0.227 e. The van der Waals surface area contributed by atoms with E-state index in [1.807, 2.05) is 36.0 Å². The summed E-state index contributed by atoms with van der Waals surface area (Å²) in [5.41, 5.74) is 1.82. The molecule has 0 atom stereocenters. The van der Waals surface area contributed by atoms with Crippen LogP contribution in [0.3, 0.4) is 0 Å². The predicted octanol–water partition coefficient (Wildman–Crippen LogP) is -0.177. The summed E-state index contributed by atoms with van der Waals surface area (Å²) in [5.74, 6) is 0.0808. The second kappa shape index (κ2) is 6.66. The number of pyridine rings is 1. The van der Waals surface area contributed by atoms with Crippen LogP contribution in [0.2, 0.25) is 5.02 Å². The molecule has 0 aliphatic heterocycles. The fourth-order valence-electron chi connectivity index (χ4n) is 1.64. The van der Waals surface area contributed by atoms with E-state index in [9.17, 15) is 4.79 Å². The monoisotopic (exact) mass is 325 g/mol. The Kier molecular flexibility index (Phi) is 5.51. The molecule has 2 nitrogen and oxygen atoms in total. The van der Waals surface area contributed by atoms with Gasteiger partial charge >= 0.3 is 0 Å². The number of nitrogens with zero attached hydrogens (tertiary/aromatic N) is 1. The Morgan fingerprint density at radius 1 is 1.22 bits per heavy atom. The summed E-state index contributed by atoms with van der Waals surface area (Å²) >= 11 is 5.78. The van der Waals surface area contributed by atoms with Crippen LogP contribution in [0.5, 0.6) is 0 Å². The largest absolute Gasteiger partial charge is 1.00 e. The van der Waals surface area contributed by atoms with Gasteiger partial charge in [0.1, 0.15) is 0 Å². The fourth-order valence-corrected chi connectivity index (χ4v) is 1.77. The lowest BCUT2D eigenvalue weighted by atomic mass is 10.1. The summed E-state index contributed by atoms with van der Waals surface area (Å²) in [6.45, 7) is 2.35. The van der Waals surface area contributed by atoms with Gasteiger partial charge in [0.25, 0.3) is 0 Å². The average molecular weight is 327 g/mol. The maximum atomic E-state index is 12.0. The molecule has 0 radical (unpaired) electrons. The van der Waals surface area contributed by atoms with E-state index in [-0.39, 0.29) is 22.8 Å². The minimum absolute atomic E-state index is 0. The number of ketones is 1. The van der Waals surface area contributed by atoms with Gasteiger partial charge in [-0.05, 0) is 37.3 Å². The van der Waals surface area contributed by atoms with Gasteiger partial charge in [0, 0.05) is 22.2 Å². The molecule has 0 saturated carbocycles. The minimum atomic E-state index is 0. The van der Waals surface area contributed by atoms with E-state index in [0.717, 1.165) is 5.56 Å². The van der Waals surface area contributed by atoms with Crippen LogP contribution in [-0.4, -0.2) is 5.78 Å². The number of rotatable bonds is 3. The topological polar surface area (TPSA) is 20.9 Å². The van der Waals surface area contributed by atoms with Crippen molar-refractivity contribution in [2.45, 2.75) is 13.5 Å². The molecule has 0 unspecified atom stereocenters. The van der Waals surface area contributed by atoms with Gasteiger partial charge in [-0.25, -0.2) is 0 Å². The molecule has 2 rings (SSSR count). The zero-order chi connectivity index (χ0) is 12.3. The molecule has 18 heavy (non-hydrogen) atoms. The van der Waals surface area contributed by atoms with Gasteiger partial charge in [0.15, 0.2) is 12.4 Å². The van der Waals surface area contributed by atoms with Crippen molar-refractivity contribution in [3.8, 4) is 0 Å². The molecule has 0 fully saturated rings. The summed E-state index contributed by atoms with van der Waals surface area (Å²) in [4.78, 5) is 12.0. The summed E-state index contributed by atoms with van der Waals surface area (Å²) in [6.07, 6.45) is 3.84. The Hall–Kier alpha value is -1.19. The zero-order valence-corrected chi connectivity index (χ0v) is 12.3. The van der Waals surface area contributed by atoms with Gasteiger partial charge in [-0.15, -0.1) is 0 Å². The van der Waals surface area contributed by atoms with Crippen molar-refractivity contribution in [1.29, 1.82) is 0 Å². The van der Waals surface area contributed by atoms with Crippen molar-refractivity contribution in [2.24, 2.45) is 0 Å². The average Bonchev–Trinajstić information content (AvgIpc) is 2.29. The van der Waals surface area contributed by atoms with E-state index < -0.39 is 0 Å². The van der Waals surface area contributed by atoms with Crippen molar-refractivity contribution >= 4 is 17.4 Å². The minimum Gasteiger partial charge on any atom is -1.00 e. The number of carbonyl (C=O) groups excluding carboxylic acids is 1. The lowest BCUT2D eigenvalue weighted by Gasteiger charge is -1.99. The number of Topliss-reactive ketones (excluding diaryl/α,β-unsaturated/α-hetero) is 1. The van der Waals surface area contributed by atoms with Gasteiger partial charge in [-0.1, -0.05) is 11.6 Å². The van der Waals surface area contributed by atoms with Crippen molar-refractivity contribution in [2.75, 3.05) is 0 Å². The van der Waals surface area contributed by atoms with Crippen molar-refractivity contribution in [3.05, 3.63) is 64.9 Å². The van der Waals surface area contributed by atoms with Crippen molar-refractivity contribution in [1.82, 2.24) is 0 Å². The molecule has 0 bridgehead atoms. The maximum absolute atomic E-state index is 12.0. The van der Waals surface area contributed by atoms with E-state index in [2.05, 4.69) is 0 Å². The molecule has 1 aromatic carbocycles. The second-order valence-corrected chi connectivity index (χ2v) is 4.42.